The predicted molar refractivity (Wildman–Crippen MR) is 102 cm³/mol. The molecule has 0 fully saturated rings. The van der Waals surface area contributed by atoms with Gasteiger partial charge >= 0.3 is 0 Å². The molecule has 25 heavy (non-hydrogen) atoms. The number of pyridine rings is 1. The number of nitrogens with zero attached hydrogens (tertiary/aromatic N) is 1. The van der Waals surface area contributed by atoms with Gasteiger partial charge in [-0.15, -0.1) is 0 Å². The molecule has 128 valence electrons. The third-order valence-corrected chi connectivity index (χ3v) is 4.60. The van der Waals surface area contributed by atoms with Crippen LogP contribution in [0.3, 0.4) is 0 Å². The first-order valence-corrected chi connectivity index (χ1v) is 8.75. The Bertz CT molecular complexity index is 937. The number of ketones is 1. The van der Waals surface area contributed by atoms with Crippen molar-refractivity contribution in [2.24, 2.45) is 0 Å². The maximum atomic E-state index is 12.4. The van der Waals surface area contributed by atoms with Crippen molar-refractivity contribution in [2.75, 3.05) is 6.61 Å². The van der Waals surface area contributed by atoms with E-state index in [-0.39, 0.29) is 12.4 Å². The van der Waals surface area contributed by atoms with E-state index >= 15 is 0 Å². The molecule has 0 aliphatic heterocycles. The number of Topliss-reactive ketones (excluding diaryl/α,β-unsaturated/α-hetero) is 1. The van der Waals surface area contributed by atoms with Gasteiger partial charge in [-0.25, -0.2) is 4.98 Å². The summed E-state index contributed by atoms with van der Waals surface area (Å²) in [5.41, 5.74) is 3.17. The Morgan fingerprint density at radius 1 is 1.08 bits per heavy atom. The molecule has 3 nitrogen and oxygen atoms in total. The SMILES string of the molecule is CCc1ccc(C(=O)COc2c(Cl)cc(Cl)c3ccc(C)nc23)cc1. The molecule has 0 N–H and O–H groups in total. The number of ether oxygens (including phenoxy) is 1. The number of halogens is 2. The first kappa shape index (κ1) is 17.7. The lowest BCUT2D eigenvalue weighted by Gasteiger charge is -2.12. The minimum atomic E-state index is -0.116. The number of carbonyl (C=O) groups is 1. The van der Waals surface area contributed by atoms with Crippen LogP contribution in [0.15, 0.2) is 42.5 Å². The molecule has 0 unspecified atom stereocenters. The Morgan fingerprint density at radius 3 is 2.48 bits per heavy atom. The van der Waals surface area contributed by atoms with Crippen molar-refractivity contribution in [3.05, 3.63) is 69.3 Å². The van der Waals surface area contributed by atoms with Crippen molar-refractivity contribution in [1.82, 2.24) is 4.98 Å². The summed E-state index contributed by atoms with van der Waals surface area (Å²) in [7, 11) is 0. The zero-order chi connectivity index (χ0) is 18.0. The van der Waals surface area contributed by atoms with Crippen molar-refractivity contribution in [2.45, 2.75) is 20.3 Å². The number of rotatable bonds is 5. The quantitative estimate of drug-likeness (QED) is 0.540. The molecule has 3 rings (SSSR count). The molecule has 0 saturated heterocycles. The lowest BCUT2D eigenvalue weighted by molar-refractivity contribution is 0.0922. The Kier molecular flexibility index (Phi) is 5.26. The lowest BCUT2D eigenvalue weighted by atomic mass is 10.1. The van der Waals surface area contributed by atoms with E-state index in [1.807, 2.05) is 43.3 Å². The molecule has 1 aromatic heterocycles. The second-order valence-corrected chi connectivity index (χ2v) is 6.59. The average molecular weight is 374 g/mol. The van der Waals surface area contributed by atoms with Gasteiger partial charge in [-0.1, -0.05) is 54.4 Å². The molecule has 0 bridgehead atoms. The van der Waals surface area contributed by atoms with Crippen LogP contribution < -0.4 is 4.74 Å². The molecule has 5 heteroatoms. The van der Waals surface area contributed by atoms with E-state index < -0.39 is 0 Å². The van der Waals surface area contributed by atoms with Crippen LogP contribution in [0.2, 0.25) is 10.0 Å². The number of hydrogen-bond acceptors (Lipinski definition) is 3. The van der Waals surface area contributed by atoms with Gasteiger partial charge in [0.1, 0.15) is 5.52 Å². The van der Waals surface area contributed by atoms with Gasteiger partial charge in [0.15, 0.2) is 18.1 Å². The van der Waals surface area contributed by atoms with Crippen molar-refractivity contribution in [3.8, 4) is 5.75 Å². The third-order valence-electron chi connectivity index (χ3n) is 4.01. The number of carbonyl (C=O) groups excluding carboxylic acids is 1. The molecule has 0 aliphatic rings. The Balaban J connectivity index is 1.87. The molecule has 1 heterocycles. The van der Waals surface area contributed by atoms with Gasteiger partial charge in [0.2, 0.25) is 0 Å². The summed E-state index contributed by atoms with van der Waals surface area (Å²) in [5, 5.41) is 1.58. The second-order valence-electron chi connectivity index (χ2n) is 5.78. The van der Waals surface area contributed by atoms with E-state index in [0.29, 0.717) is 26.9 Å². The van der Waals surface area contributed by atoms with E-state index in [9.17, 15) is 4.79 Å². The maximum absolute atomic E-state index is 12.4. The van der Waals surface area contributed by atoms with Crippen LogP contribution in [0.1, 0.15) is 28.5 Å². The molecule has 0 aliphatic carbocycles. The predicted octanol–water partition coefficient (Wildman–Crippen LogP) is 5.67. The van der Waals surface area contributed by atoms with Crippen molar-refractivity contribution < 1.29 is 9.53 Å². The normalized spacial score (nSPS) is 10.9. The molecule has 0 amide bonds. The highest BCUT2D eigenvalue weighted by Crippen LogP contribution is 2.37. The zero-order valence-electron chi connectivity index (χ0n) is 14.0. The van der Waals surface area contributed by atoms with E-state index in [1.54, 1.807) is 6.07 Å². The highest BCUT2D eigenvalue weighted by Gasteiger charge is 2.15. The van der Waals surface area contributed by atoms with E-state index in [1.165, 1.54) is 5.56 Å². The van der Waals surface area contributed by atoms with Gasteiger partial charge in [0.05, 0.1) is 10.0 Å². The fraction of sp³-hybridized carbons (Fsp3) is 0.200. The summed E-state index contributed by atoms with van der Waals surface area (Å²) in [6, 6.07) is 12.9. The lowest BCUT2D eigenvalue weighted by Crippen LogP contribution is -2.12. The zero-order valence-corrected chi connectivity index (χ0v) is 15.5. The van der Waals surface area contributed by atoms with Crippen molar-refractivity contribution in [1.29, 1.82) is 0 Å². The van der Waals surface area contributed by atoms with Crippen LogP contribution in [0, 0.1) is 6.92 Å². The van der Waals surface area contributed by atoms with E-state index in [2.05, 4.69) is 11.9 Å². The maximum Gasteiger partial charge on any atom is 0.200 e. The number of benzene rings is 2. The minimum Gasteiger partial charge on any atom is -0.482 e. The summed E-state index contributed by atoms with van der Waals surface area (Å²) >= 11 is 12.5. The number of fused-ring (bicyclic) bond motifs is 1. The topological polar surface area (TPSA) is 39.2 Å². The fourth-order valence-electron chi connectivity index (χ4n) is 2.57. The molecule has 2 aromatic carbocycles. The Hall–Kier alpha value is -2.10. The Morgan fingerprint density at radius 2 is 1.80 bits per heavy atom. The standard InChI is InChI=1S/C20H17Cl2NO2/c1-3-13-5-7-14(8-6-13)18(24)11-25-20-17(22)10-16(21)15-9-4-12(2)23-19(15)20/h4-10H,3,11H2,1-2H3. The Labute approximate surface area is 156 Å². The first-order chi connectivity index (χ1) is 12.0. The molecule has 3 aromatic rings. The van der Waals surface area contributed by atoms with Crippen molar-refractivity contribution >= 4 is 39.9 Å². The summed E-state index contributed by atoms with van der Waals surface area (Å²) in [5.74, 6) is 0.262. The highest BCUT2D eigenvalue weighted by atomic mass is 35.5. The number of aryl methyl sites for hydroxylation is 2. The van der Waals surface area contributed by atoms with Crippen LogP contribution in [-0.2, 0) is 6.42 Å². The van der Waals surface area contributed by atoms with Crippen LogP contribution in [0.25, 0.3) is 10.9 Å². The highest BCUT2D eigenvalue weighted by molar-refractivity contribution is 6.39. The van der Waals surface area contributed by atoms with Crippen LogP contribution in [-0.4, -0.2) is 17.4 Å². The first-order valence-electron chi connectivity index (χ1n) is 8.00. The smallest absolute Gasteiger partial charge is 0.200 e. The summed E-state index contributed by atoms with van der Waals surface area (Å²) in [6.07, 6.45) is 0.933. The molecule has 0 atom stereocenters. The third kappa shape index (κ3) is 3.78. The number of aromatic nitrogens is 1. The molecular formula is C20H17Cl2NO2. The average Bonchev–Trinajstić information content (AvgIpc) is 2.61. The van der Waals surface area contributed by atoms with Gasteiger partial charge in [0, 0.05) is 16.6 Å². The van der Waals surface area contributed by atoms with Crippen molar-refractivity contribution in [3.63, 3.8) is 0 Å². The van der Waals surface area contributed by atoms with E-state index in [4.69, 9.17) is 27.9 Å². The van der Waals surface area contributed by atoms with Gasteiger partial charge < -0.3 is 4.74 Å². The molecular weight excluding hydrogens is 357 g/mol. The largest absolute Gasteiger partial charge is 0.482 e. The van der Waals surface area contributed by atoms with E-state index in [0.717, 1.165) is 17.5 Å². The minimum absolute atomic E-state index is 0.114. The van der Waals surface area contributed by atoms with Gasteiger partial charge in [-0.3, -0.25) is 4.79 Å². The van der Waals surface area contributed by atoms with Crippen LogP contribution in [0.5, 0.6) is 5.75 Å². The monoisotopic (exact) mass is 373 g/mol. The molecule has 0 spiro atoms. The summed E-state index contributed by atoms with van der Waals surface area (Å²) < 4.78 is 5.73. The second kappa shape index (κ2) is 7.42. The van der Waals surface area contributed by atoms with Gasteiger partial charge in [-0.05, 0) is 37.1 Å². The fourth-order valence-corrected chi connectivity index (χ4v) is 3.15. The summed E-state index contributed by atoms with van der Waals surface area (Å²) in [4.78, 5) is 16.8. The number of hydrogen-bond donors (Lipinski definition) is 0. The molecule has 0 saturated carbocycles. The van der Waals surface area contributed by atoms with Crippen LogP contribution >= 0.6 is 23.2 Å². The molecule has 0 radical (unpaired) electrons. The summed E-state index contributed by atoms with van der Waals surface area (Å²) in [6.45, 7) is 3.83. The van der Waals surface area contributed by atoms with Gasteiger partial charge in [-0.2, -0.15) is 0 Å². The van der Waals surface area contributed by atoms with Crippen LogP contribution in [0.4, 0.5) is 0 Å². The van der Waals surface area contributed by atoms with Gasteiger partial charge in [0.25, 0.3) is 0 Å².